The lowest BCUT2D eigenvalue weighted by molar-refractivity contribution is -0.122. The van der Waals surface area contributed by atoms with Gasteiger partial charge in [-0.05, 0) is 55.7 Å². The van der Waals surface area contributed by atoms with Gasteiger partial charge in [0.1, 0.15) is 12.1 Å². The number of hydrogen-bond acceptors (Lipinski definition) is 5. The first-order valence-electron chi connectivity index (χ1n) is 10.1. The van der Waals surface area contributed by atoms with Crippen LogP contribution in [0.15, 0.2) is 47.1 Å². The van der Waals surface area contributed by atoms with Gasteiger partial charge in [0.15, 0.2) is 0 Å². The number of rotatable bonds is 9. The molecule has 33 heavy (non-hydrogen) atoms. The average molecular weight is 482 g/mol. The van der Waals surface area contributed by atoms with Crippen molar-refractivity contribution in [3.05, 3.63) is 63.9 Å². The highest BCUT2D eigenvalue weighted by molar-refractivity contribution is 7.14. The number of primary amides is 1. The van der Waals surface area contributed by atoms with Gasteiger partial charge in [-0.15, -0.1) is 11.3 Å². The minimum atomic E-state index is -4.92. The minimum absolute atomic E-state index is 0.305. The number of aromatic nitrogens is 1. The Morgan fingerprint density at radius 1 is 1.12 bits per heavy atom. The summed E-state index contributed by atoms with van der Waals surface area (Å²) in [5.41, 5.74) is 6.18. The van der Waals surface area contributed by atoms with E-state index in [4.69, 9.17) is 10.2 Å². The van der Waals surface area contributed by atoms with Crippen molar-refractivity contribution in [1.29, 1.82) is 0 Å². The molecule has 176 valence electrons. The molecule has 2 aromatic heterocycles. The largest absolute Gasteiger partial charge is 0.455 e. The van der Waals surface area contributed by atoms with Crippen LogP contribution in [-0.2, 0) is 16.6 Å². The Hall–Kier alpha value is -3.01. The van der Waals surface area contributed by atoms with Crippen molar-refractivity contribution in [1.82, 2.24) is 4.98 Å². The Kier molecular flexibility index (Phi) is 7.06. The SMILES string of the molecule is CC(C)(CC(CCc1ccc(C(=O)C(F)(F)F)s1)C(N)=O)c1coc(-c2ccc(F)cc2)n1. The number of aryl methyl sites for hydroxylation is 1. The second-order valence-corrected chi connectivity index (χ2v) is 9.53. The maximum absolute atomic E-state index is 13.1. The van der Waals surface area contributed by atoms with Crippen molar-refractivity contribution in [2.75, 3.05) is 0 Å². The number of nitrogens with two attached hydrogens (primary N) is 1. The molecule has 3 aromatic rings. The Bertz CT molecular complexity index is 1130. The van der Waals surface area contributed by atoms with E-state index >= 15 is 0 Å². The zero-order valence-corrected chi connectivity index (χ0v) is 18.7. The summed E-state index contributed by atoms with van der Waals surface area (Å²) in [7, 11) is 0. The van der Waals surface area contributed by atoms with Crippen molar-refractivity contribution < 1.29 is 31.6 Å². The molecule has 3 rings (SSSR count). The lowest BCUT2D eigenvalue weighted by Crippen LogP contribution is -2.31. The molecule has 10 heteroatoms. The van der Waals surface area contributed by atoms with E-state index in [-0.39, 0.29) is 10.7 Å². The number of hydrogen-bond donors (Lipinski definition) is 1. The predicted octanol–water partition coefficient (Wildman–Crippen LogP) is 5.69. The molecular weight excluding hydrogens is 460 g/mol. The number of ketones is 1. The number of oxazole rings is 1. The molecule has 2 N–H and O–H groups in total. The summed E-state index contributed by atoms with van der Waals surface area (Å²) in [6, 6.07) is 8.29. The normalized spacial score (nSPS) is 13.2. The molecule has 0 bridgehead atoms. The summed E-state index contributed by atoms with van der Waals surface area (Å²) in [4.78, 5) is 28.1. The fourth-order valence-electron chi connectivity index (χ4n) is 3.47. The number of nitrogens with zero attached hydrogens (tertiary/aromatic N) is 1. The van der Waals surface area contributed by atoms with E-state index in [9.17, 15) is 27.2 Å². The molecule has 1 unspecified atom stereocenters. The number of carbonyl (C=O) groups is 2. The molecular formula is C23H22F4N2O3S. The Balaban J connectivity index is 1.68. The smallest absolute Gasteiger partial charge is 0.444 e. The van der Waals surface area contributed by atoms with Crippen LogP contribution in [0.25, 0.3) is 11.5 Å². The first-order valence-corrected chi connectivity index (χ1v) is 10.9. The number of amides is 1. The van der Waals surface area contributed by atoms with E-state index in [2.05, 4.69) is 4.98 Å². The van der Waals surface area contributed by atoms with E-state index < -0.39 is 29.2 Å². The van der Waals surface area contributed by atoms with Gasteiger partial charge in [-0.3, -0.25) is 9.59 Å². The Morgan fingerprint density at radius 3 is 2.39 bits per heavy atom. The molecule has 0 aliphatic carbocycles. The number of benzene rings is 1. The molecule has 2 heterocycles. The molecule has 0 fully saturated rings. The van der Waals surface area contributed by atoms with E-state index in [1.165, 1.54) is 24.5 Å². The maximum atomic E-state index is 13.1. The monoisotopic (exact) mass is 482 g/mol. The molecule has 1 amide bonds. The Labute approximate surface area is 191 Å². The third-order valence-corrected chi connectivity index (χ3v) is 6.47. The van der Waals surface area contributed by atoms with E-state index in [1.54, 1.807) is 12.1 Å². The van der Waals surface area contributed by atoms with Crippen molar-refractivity contribution in [3.8, 4) is 11.5 Å². The van der Waals surface area contributed by atoms with Crippen LogP contribution < -0.4 is 5.73 Å². The van der Waals surface area contributed by atoms with Gasteiger partial charge in [0, 0.05) is 21.8 Å². The van der Waals surface area contributed by atoms with Crippen LogP contribution in [0.5, 0.6) is 0 Å². The predicted molar refractivity (Wildman–Crippen MR) is 115 cm³/mol. The summed E-state index contributed by atoms with van der Waals surface area (Å²) in [5.74, 6) is -3.05. The van der Waals surface area contributed by atoms with Crippen LogP contribution in [-0.4, -0.2) is 22.9 Å². The molecule has 0 saturated heterocycles. The lowest BCUT2D eigenvalue weighted by Gasteiger charge is -2.26. The van der Waals surface area contributed by atoms with E-state index in [0.29, 0.717) is 41.3 Å². The number of carbonyl (C=O) groups excluding carboxylic acids is 2. The van der Waals surface area contributed by atoms with Gasteiger partial charge in [0.05, 0.1) is 10.6 Å². The van der Waals surface area contributed by atoms with Crippen molar-refractivity contribution in [2.45, 2.75) is 44.7 Å². The highest BCUT2D eigenvalue weighted by Crippen LogP contribution is 2.34. The molecule has 0 spiro atoms. The number of Topliss-reactive ketones (excluding diaryl/α,β-unsaturated/α-hetero) is 1. The van der Waals surface area contributed by atoms with Crippen molar-refractivity contribution in [3.63, 3.8) is 0 Å². The zero-order chi connectivity index (χ0) is 24.4. The van der Waals surface area contributed by atoms with Crippen LogP contribution in [0.1, 0.15) is 46.9 Å². The van der Waals surface area contributed by atoms with Gasteiger partial charge in [-0.25, -0.2) is 9.37 Å². The van der Waals surface area contributed by atoms with Crippen molar-refractivity contribution >= 4 is 23.0 Å². The van der Waals surface area contributed by atoms with Gasteiger partial charge in [0.2, 0.25) is 11.8 Å². The highest BCUT2D eigenvalue weighted by atomic mass is 32.1. The van der Waals surface area contributed by atoms with Crippen LogP contribution in [0.4, 0.5) is 17.6 Å². The van der Waals surface area contributed by atoms with Crippen LogP contribution >= 0.6 is 11.3 Å². The van der Waals surface area contributed by atoms with E-state index in [0.717, 1.165) is 17.4 Å². The number of alkyl halides is 3. The summed E-state index contributed by atoms with van der Waals surface area (Å²) in [5, 5.41) is 0. The average Bonchev–Trinajstić information content (AvgIpc) is 3.40. The molecule has 0 saturated carbocycles. The molecule has 5 nitrogen and oxygen atoms in total. The van der Waals surface area contributed by atoms with Gasteiger partial charge >= 0.3 is 6.18 Å². The molecule has 1 aromatic carbocycles. The molecule has 1 atom stereocenters. The fraction of sp³-hybridized carbons (Fsp3) is 0.348. The van der Waals surface area contributed by atoms with Gasteiger partial charge in [0.25, 0.3) is 5.78 Å². The van der Waals surface area contributed by atoms with Gasteiger partial charge in [-0.2, -0.15) is 13.2 Å². The quantitative estimate of drug-likeness (QED) is 0.314. The Morgan fingerprint density at radius 2 is 1.79 bits per heavy atom. The molecule has 0 radical (unpaired) electrons. The third kappa shape index (κ3) is 6.07. The van der Waals surface area contributed by atoms with Gasteiger partial charge in [-0.1, -0.05) is 13.8 Å². The number of halogens is 4. The molecule has 0 aliphatic heterocycles. The summed E-state index contributed by atoms with van der Waals surface area (Å²) >= 11 is 0.762. The summed E-state index contributed by atoms with van der Waals surface area (Å²) in [6.45, 7) is 3.75. The third-order valence-electron chi connectivity index (χ3n) is 5.33. The van der Waals surface area contributed by atoms with Crippen LogP contribution in [0.3, 0.4) is 0 Å². The first kappa shape index (κ1) is 24.6. The fourth-order valence-corrected chi connectivity index (χ4v) is 4.45. The lowest BCUT2D eigenvalue weighted by atomic mass is 9.78. The van der Waals surface area contributed by atoms with Crippen molar-refractivity contribution in [2.24, 2.45) is 11.7 Å². The van der Waals surface area contributed by atoms with Crippen LogP contribution in [0.2, 0.25) is 0 Å². The van der Waals surface area contributed by atoms with E-state index in [1.807, 2.05) is 13.8 Å². The first-order chi connectivity index (χ1) is 15.4. The zero-order valence-electron chi connectivity index (χ0n) is 17.9. The molecule has 0 aliphatic rings. The van der Waals surface area contributed by atoms with Crippen LogP contribution in [0, 0.1) is 11.7 Å². The number of thiophene rings is 1. The topological polar surface area (TPSA) is 86.2 Å². The summed E-state index contributed by atoms with van der Waals surface area (Å²) < 4.78 is 56.5. The maximum Gasteiger partial charge on any atom is 0.455 e. The summed E-state index contributed by atoms with van der Waals surface area (Å²) in [6.07, 6.45) is -2.50. The standard InChI is InChI=1S/C23H22F4N2O3S/c1-22(2,18-12-32-21(29-18)13-3-6-15(24)7-4-13)11-14(20(28)31)5-8-16-9-10-17(33-16)19(30)23(25,26)27/h3-4,6-7,9-10,12,14H,5,8,11H2,1-2H3,(H2,28,31). The van der Waals surface area contributed by atoms with Gasteiger partial charge < -0.3 is 10.2 Å². The minimum Gasteiger partial charge on any atom is -0.444 e. The second-order valence-electron chi connectivity index (χ2n) is 8.36. The highest BCUT2D eigenvalue weighted by Gasteiger charge is 2.40. The second kappa shape index (κ2) is 9.46.